The van der Waals surface area contributed by atoms with Gasteiger partial charge in [0.15, 0.2) is 11.1 Å². The number of fused-ring (bicyclic) bond motifs is 1. The van der Waals surface area contributed by atoms with Crippen LogP contribution in [0.5, 0.6) is 0 Å². The van der Waals surface area contributed by atoms with E-state index in [9.17, 15) is 13.7 Å². The standard InChI is InChI=1S/C23H24N4O3S/c1-15-7-6-8-18(11-15)31(28,29)21(12-24)22-23(27-13-16(2)30-17(3)14-27)26-20-10-5-4-9-19(20)25-22/h4-11,16-17,21H,13-14H2,1-3H3/t16-,17+,21-/m0/s1. The molecule has 8 heteroatoms. The van der Waals surface area contributed by atoms with Crippen molar-refractivity contribution in [3.63, 3.8) is 0 Å². The molecule has 0 spiro atoms. The second kappa shape index (κ2) is 8.25. The first-order valence-corrected chi connectivity index (χ1v) is 11.7. The second-order valence-electron chi connectivity index (χ2n) is 7.95. The molecule has 0 unspecified atom stereocenters. The van der Waals surface area contributed by atoms with Gasteiger partial charge in [-0.2, -0.15) is 5.26 Å². The van der Waals surface area contributed by atoms with Gasteiger partial charge in [0, 0.05) is 13.1 Å². The van der Waals surface area contributed by atoms with Gasteiger partial charge < -0.3 is 9.64 Å². The third kappa shape index (κ3) is 4.11. The molecular weight excluding hydrogens is 412 g/mol. The van der Waals surface area contributed by atoms with Crippen LogP contribution in [-0.4, -0.2) is 43.7 Å². The highest BCUT2D eigenvalue weighted by Gasteiger charge is 2.36. The lowest BCUT2D eigenvalue weighted by Gasteiger charge is -2.37. The Balaban J connectivity index is 1.91. The Morgan fingerprint density at radius 1 is 1.06 bits per heavy atom. The molecule has 1 fully saturated rings. The van der Waals surface area contributed by atoms with Gasteiger partial charge in [-0.15, -0.1) is 0 Å². The van der Waals surface area contributed by atoms with E-state index in [-0.39, 0.29) is 22.8 Å². The number of benzene rings is 2. The van der Waals surface area contributed by atoms with Crippen LogP contribution in [-0.2, 0) is 14.6 Å². The molecule has 2 heterocycles. The van der Waals surface area contributed by atoms with Gasteiger partial charge >= 0.3 is 0 Å². The number of para-hydroxylation sites is 2. The highest BCUT2D eigenvalue weighted by molar-refractivity contribution is 7.92. The van der Waals surface area contributed by atoms with E-state index in [2.05, 4.69) is 4.98 Å². The van der Waals surface area contributed by atoms with Crippen LogP contribution in [0.15, 0.2) is 53.4 Å². The van der Waals surface area contributed by atoms with Crippen LogP contribution in [0.25, 0.3) is 11.0 Å². The zero-order valence-electron chi connectivity index (χ0n) is 17.7. The fourth-order valence-electron chi connectivity index (χ4n) is 3.97. The number of anilines is 1. The van der Waals surface area contributed by atoms with Gasteiger partial charge in [0.05, 0.1) is 34.2 Å². The van der Waals surface area contributed by atoms with Gasteiger partial charge in [0.1, 0.15) is 5.69 Å². The Morgan fingerprint density at radius 2 is 1.71 bits per heavy atom. The Morgan fingerprint density at radius 3 is 2.32 bits per heavy atom. The quantitative estimate of drug-likeness (QED) is 0.616. The maximum atomic E-state index is 13.5. The highest BCUT2D eigenvalue weighted by atomic mass is 32.2. The predicted octanol–water partition coefficient (Wildman–Crippen LogP) is 3.59. The summed E-state index contributed by atoms with van der Waals surface area (Å²) in [5.74, 6) is 0.420. The first-order valence-electron chi connectivity index (χ1n) is 10.2. The zero-order valence-corrected chi connectivity index (χ0v) is 18.5. The van der Waals surface area contributed by atoms with E-state index >= 15 is 0 Å². The number of nitriles is 1. The third-order valence-electron chi connectivity index (χ3n) is 5.29. The number of hydrogen-bond donors (Lipinski definition) is 0. The maximum Gasteiger partial charge on any atom is 0.200 e. The number of aryl methyl sites for hydroxylation is 1. The van der Waals surface area contributed by atoms with E-state index < -0.39 is 15.1 Å². The summed E-state index contributed by atoms with van der Waals surface area (Å²) < 4.78 is 32.8. The molecule has 0 saturated carbocycles. The van der Waals surface area contributed by atoms with Crippen LogP contribution in [0.1, 0.15) is 30.4 Å². The molecule has 1 aliphatic rings. The number of aromatic nitrogens is 2. The number of nitrogens with zero attached hydrogens (tertiary/aromatic N) is 4. The van der Waals surface area contributed by atoms with Crippen LogP contribution >= 0.6 is 0 Å². The molecule has 0 radical (unpaired) electrons. The predicted molar refractivity (Wildman–Crippen MR) is 118 cm³/mol. The van der Waals surface area contributed by atoms with Crippen LogP contribution in [0.4, 0.5) is 5.82 Å². The molecule has 0 amide bonds. The largest absolute Gasteiger partial charge is 0.372 e. The van der Waals surface area contributed by atoms with E-state index in [4.69, 9.17) is 9.72 Å². The third-order valence-corrected chi connectivity index (χ3v) is 7.15. The molecule has 7 nitrogen and oxygen atoms in total. The minimum absolute atomic E-state index is 0.0567. The molecule has 0 aliphatic carbocycles. The normalized spacial score (nSPS) is 20.4. The van der Waals surface area contributed by atoms with Gasteiger partial charge in [-0.1, -0.05) is 24.3 Å². The van der Waals surface area contributed by atoms with Gasteiger partial charge in [-0.05, 0) is 50.6 Å². The number of ether oxygens (including phenoxy) is 1. The van der Waals surface area contributed by atoms with E-state index in [1.54, 1.807) is 18.2 Å². The van der Waals surface area contributed by atoms with Crippen molar-refractivity contribution < 1.29 is 13.2 Å². The summed E-state index contributed by atoms with van der Waals surface area (Å²) in [5.41, 5.74) is 2.16. The lowest BCUT2D eigenvalue weighted by Crippen LogP contribution is -2.46. The van der Waals surface area contributed by atoms with Gasteiger partial charge in [-0.3, -0.25) is 0 Å². The van der Waals surface area contributed by atoms with Crippen molar-refractivity contribution in [1.29, 1.82) is 5.26 Å². The van der Waals surface area contributed by atoms with E-state index in [0.717, 1.165) is 5.56 Å². The lowest BCUT2D eigenvalue weighted by atomic mass is 10.2. The fraction of sp³-hybridized carbons (Fsp3) is 0.348. The Bertz CT molecular complexity index is 1260. The molecule has 2 aromatic carbocycles. The molecular formula is C23H24N4O3S. The minimum atomic E-state index is -4.01. The summed E-state index contributed by atoms with van der Waals surface area (Å²) in [6.07, 6.45) is -0.113. The molecule has 4 rings (SSSR count). The summed E-state index contributed by atoms with van der Waals surface area (Å²) in [7, 11) is -4.01. The van der Waals surface area contributed by atoms with E-state index in [1.807, 2.05) is 56.0 Å². The molecule has 1 aliphatic heterocycles. The van der Waals surface area contributed by atoms with Crippen molar-refractivity contribution in [2.75, 3.05) is 18.0 Å². The molecule has 31 heavy (non-hydrogen) atoms. The molecule has 3 atom stereocenters. The summed E-state index contributed by atoms with van der Waals surface area (Å²) in [4.78, 5) is 11.5. The van der Waals surface area contributed by atoms with Crippen LogP contribution in [0.2, 0.25) is 0 Å². The van der Waals surface area contributed by atoms with Crippen molar-refractivity contribution in [3.8, 4) is 6.07 Å². The SMILES string of the molecule is Cc1cccc(S(=O)(=O)[C@@H](C#N)c2nc3ccccc3nc2N2C[C@@H](C)O[C@@H](C)C2)c1. The van der Waals surface area contributed by atoms with Crippen LogP contribution in [0, 0.1) is 18.3 Å². The summed E-state index contributed by atoms with van der Waals surface area (Å²) in [6.45, 7) is 6.81. The Labute approximate surface area is 182 Å². The van der Waals surface area contributed by atoms with Crippen molar-refractivity contribution in [1.82, 2.24) is 9.97 Å². The van der Waals surface area contributed by atoms with Crippen LogP contribution in [0.3, 0.4) is 0 Å². The summed E-state index contributed by atoms with van der Waals surface area (Å²) >= 11 is 0. The Kier molecular flexibility index (Phi) is 5.65. The van der Waals surface area contributed by atoms with E-state index in [1.165, 1.54) is 6.07 Å². The number of rotatable bonds is 4. The van der Waals surface area contributed by atoms with Crippen molar-refractivity contribution in [2.24, 2.45) is 0 Å². The van der Waals surface area contributed by atoms with Crippen molar-refractivity contribution >= 4 is 26.7 Å². The van der Waals surface area contributed by atoms with E-state index in [0.29, 0.717) is 29.9 Å². The second-order valence-corrected chi connectivity index (χ2v) is 9.99. The van der Waals surface area contributed by atoms with Crippen molar-refractivity contribution in [3.05, 3.63) is 59.8 Å². The molecule has 160 valence electrons. The molecule has 1 saturated heterocycles. The fourth-order valence-corrected chi connectivity index (χ4v) is 5.45. The summed E-state index contributed by atoms with van der Waals surface area (Å²) in [5, 5.41) is 8.53. The van der Waals surface area contributed by atoms with Gasteiger partial charge in [-0.25, -0.2) is 18.4 Å². The first kappa shape index (κ1) is 21.2. The average molecular weight is 437 g/mol. The van der Waals surface area contributed by atoms with Gasteiger partial charge in [0.2, 0.25) is 9.84 Å². The highest BCUT2D eigenvalue weighted by Crippen LogP contribution is 2.35. The van der Waals surface area contributed by atoms with Gasteiger partial charge in [0.25, 0.3) is 0 Å². The first-order chi connectivity index (χ1) is 14.8. The molecule has 0 N–H and O–H groups in total. The van der Waals surface area contributed by atoms with Crippen molar-refractivity contribution in [2.45, 2.75) is 43.1 Å². The molecule has 0 bridgehead atoms. The zero-order chi connectivity index (χ0) is 22.2. The average Bonchev–Trinajstić information content (AvgIpc) is 2.73. The Hall–Kier alpha value is -3.02. The number of morpholine rings is 1. The maximum absolute atomic E-state index is 13.5. The smallest absolute Gasteiger partial charge is 0.200 e. The van der Waals surface area contributed by atoms with Crippen LogP contribution < -0.4 is 4.90 Å². The summed E-state index contributed by atoms with van der Waals surface area (Å²) in [6, 6.07) is 15.9. The monoisotopic (exact) mass is 436 g/mol. The number of sulfone groups is 1. The lowest BCUT2D eigenvalue weighted by molar-refractivity contribution is -0.00550. The number of hydrogen-bond acceptors (Lipinski definition) is 7. The molecule has 3 aromatic rings. The molecule has 1 aromatic heterocycles. The minimum Gasteiger partial charge on any atom is -0.372 e. The topological polar surface area (TPSA) is 96.2 Å².